The third kappa shape index (κ3) is 5.87. The smallest absolute Gasteiger partial charge is 0.335 e. The lowest BCUT2D eigenvalue weighted by Crippen LogP contribution is -2.62. The van der Waals surface area contributed by atoms with Gasteiger partial charge < -0.3 is 74.4 Å². The van der Waals surface area contributed by atoms with Gasteiger partial charge in [-0.3, -0.25) is 4.79 Å². The van der Waals surface area contributed by atoms with Crippen LogP contribution < -0.4 is 10.2 Å². The van der Waals surface area contributed by atoms with E-state index in [4.69, 9.17) is 23.4 Å². The van der Waals surface area contributed by atoms with E-state index in [0.717, 1.165) is 24.3 Å². The van der Waals surface area contributed by atoms with Gasteiger partial charge in [-0.25, -0.2) is 4.79 Å². The molecule has 0 aliphatic carbocycles. The Bertz CT molecular complexity index is 1590. The van der Waals surface area contributed by atoms with E-state index in [1.165, 1.54) is 12.1 Å². The average Bonchev–Trinajstić information content (AvgIpc) is 2.97. The van der Waals surface area contributed by atoms with Gasteiger partial charge in [0.05, 0.1) is 6.61 Å². The third-order valence-corrected chi connectivity index (χ3v) is 7.20. The van der Waals surface area contributed by atoms with Gasteiger partial charge in [0.1, 0.15) is 71.0 Å². The van der Waals surface area contributed by atoms with Crippen LogP contribution in [0.4, 0.5) is 0 Å². The molecule has 2 fully saturated rings. The molecule has 2 aromatic carbocycles. The molecule has 17 heteroatoms. The number of phenolic OH excluding ortho intramolecular Hbond substituents is 3. The fraction of sp³-hybridized carbons (Fsp3) is 0.407. The number of ether oxygens (including phenoxy) is 4. The monoisotopic (exact) mass is 624 g/mol. The third-order valence-electron chi connectivity index (χ3n) is 7.20. The lowest BCUT2D eigenvalue weighted by molar-refractivity contribution is -0.318. The standard InChI is InChI=1S/C27H28O17/c28-10-2-1-8(3-11(10)29)14-6-13(31)17-12(30)4-9(5-15(17)42-14)41-27-23(37)19(33)18(32)16(43-27)7-40-26-22(36)20(34)21(35)24(44-26)25(38)39/h1-6,16,18-24,26-30,32-37H,7H2,(H,38,39)/t16-,18-,19+,20+,21+,22-,23-,24+,26-,27-/m1/s1. The minimum Gasteiger partial charge on any atom is -0.507 e. The van der Waals surface area contributed by atoms with Gasteiger partial charge in [-0.2, -0.15) is 0 Å². The van der Waals surface area contributed by atoms with Gasteiger partial charge in [-0.05, 0) is 18.2 Å². The van der Waals surface area contributed by atoms with Crippen molar-refractivity contribution in [3.05, 3.63) is 46.6 Å². The first kappa shape index (κ1) is 31.4. The topological polar surface area (TPSA) is 286 Å². The molecule has 44 heavy (non-hydrogen) atoms. The molecule has 3 aromatic rings. The Morgan fingerprint density at radius 1 is 0.750 bits per heavy atom. The number of hydrogen-bond acceptors (Lipinski definition) is 16. The van der Waals surface area contributed by atoms with Crippen LogP contribution in [0.3, 0.4) is 0 Å². The Balaban J connectivity index is 1.36. The molecule has 10 atom stereocenters. The molecule has 2 saturated heterocycles. The number of aliphatic hydroxyl groups excluding tert-OH is 6. The first-order valence-corrected chi connectivity index (χ1v) is 13.0. The Labute approximate surface area is 245 Å². The minimum absolute atomic E-state index is 0.0473. The van der Waals surface area contributed by atoms with Gasteiger partial charge >= 0.3 is 5.97 Å². The molecule has 0 radical (unpaired) electrons. The summed E-state index contributed by atoms with van der Waals surface area (Å²) in [5.41, 5.74) is -0.657. The molecule has 17 nitrogen and oxygen atoms in total. The van der Waals surface area contributed by atoms with Crippen molar-refractivity contribution in [3.63, 3.8) is 0 Å². The fourth-order valence-electron chi connectivity index (χ4n) is 4.80. The summed E-state index contributed by atoms with van der Waals surface area (Å²) >= 11 is 0. The maximum Gasteiger partial charge on any atom is 0.335 e. The molecule has 0 bridgehead atoms. The Kier molecular flexibility index (Phi) is 8.67. The first-order valence-electron chi connectivity index (χ1n) is 13.0. The summed E-state index contributed by atoms with van der Waals surface area (Å²) in [6.07, 6.45) is -18.4. The van der Waals surface area contributed by atoms with Crippen molar-refractivity contribution in [2.75, 3.05) is 6.61 Å². The summed E-state index contributed by atoms with van der Waals surface area (Å²) < 4.78 is 27.1. The lowest BCUT2D eigenvalue weighted by atomic mass is 9.98. The van der Waals surface area contributed by atoms with E-state index >= 15 is 0 Å². The minimum atomic E-state index is -1.97. The van der Waals surface area contributed by atoms with Gasteiger partial charge in [-0.1, -0.05) is 0 Å². The maximum absolute atomic E-state index is 12.7. The number of carboxylic acids is 1. The summed E-state index contributed by atoms with van der Waals surface area (Å²) in [5.74, 6) is -3.41. The highest BCUT2D eigenvalue weighted by Crippen LogP contribution is 2.35. The number of aliphatic hydroxyl groups is 6. The van der Waals surface area contributed by atoms with Gasteiger partial charge in [0.15, 0.2) is 29.3 Å². The predicted molar refractivity (Wildman–Crippen MR) is 140 cm³/mol. The molecule has 1 aromatic heterocycles. The fourth-order valence-corrected chi connectivity index (χ4v) is 4.80. The number of aliphatic carboxylic acids is 1. The van der Waals surface area contributed by atoms with Crippen molar-refractivity contribution < 1.29 is 79.2 Å². The molecular weight excluding hydrogens is 596 g/mol. The number of benzene rings is 2. The highest BCUT2D eigenvalue weighted by atomic mass is 16.7. The molecule has 10 N–H and O–H groups in total. The number of phenols is 3. The van der Waals surface area contributed by atoms with E-state index in [0.29, 0.717) is 0 Å². The number of rotatable bonds is 7. The number of carboxylic acid groups (broad SMARTS) is 1. The van der Waals surface area contributed by atoms with E-state index < -0.39 is 96.7 Å². The summed E-state index contributed by atoms with van der Waals surface area (Å²) in [5, 5.41) is 100. The van der Waals surface area contributed by atoms with Crippen molar-refractivity contribution in [2.24, 2.45) is 0 Å². The van der Waals surface area contributed by atoms with Crippen molar-refractivity contribution in [2.45, 2.75) is 61.4 Å². The van der Waals surface area contributed by atoms with Crippen LogP contribution in [0.25, 0.3) is 22.3 Å². The maximum atomic E-state index is 12.7. The second-order valence-electron chi connectivity index (χ2n) is 10.2. The van der Waals surface area contributed by atoms with E-state index in [1.54, 1.807) is 0 Å². The zero-order valence-corrected chi connectivity index (χ0v) is 22.3. The first-order chi connectivity index (χ1) is 20.8. The van der Waals surface area contributed by atoms with Crippen LogP contribution in [0.15, 0.2) is 45.6 Å². The average molecular weight is 625 g/mol. The van der Waals surface area contributed by atoms with Crippen LogP contribution in [0.5, 0.6) is 23.0 Å². The summed E-state index contributed by atoms with van der Waals surface area (Å²) in [7, 11) is 0. The molecule has 0 unspecified atom stereocenters. The van der Waals surface area contributed by atoms with Gasteiger partial charge in [0, 0.05) is 23.8 Å². The molecule has 0 spiro atoms. The highest BCUT2D eigenvalue weighted by Gasteiger charge is 2.49. The van der Waals surface area contributed by atoms with Crippen molar-refractivity contribution in [1.82, 2.24) is 0 Å². The molecule has 5 rings (SSSR count). The predicted octanol–water partition coefficient (Wildman–Crippen LogP) is -2.33. The van der Waals surface area contributed by atoms with Crippen LogP contribution in [-0.4, -0.2) is 125 Å². The van der Waals surface area contributed by atoms with Crippen LogP contribution in [0.2, 0.25) is 0 Å². The van der Waals surface area contributed by atoms with Crippen molar-refractivity contribution in [1.29, 1.82) is 0 Å². The summed E-state index contributed by atoms with van der Waals surface area (Å²) in [6.45, 7) is -0.706. The molecule has 0 amide bonds. The zero-order valence-electron chi connectivity index (χ0n) is 22.3. The second kappa shape index (κ2) is 12.2. The van der Waals surface area contributed by atoms with Crippen LogP contribution in [-0.2, 0) is 19.0 Å². The normalized spacial score (nSPS) is 32.4. The van der Waals surface area contributed by atoms with Gasteiger partial charge in [-0.15, -0.1) is 0 Å². The van der Waals surface area contributed by atoms with Crippen LogP contribution >= 0.6 is 0 Å². The van der Waals surface area contributed by atoms with Crippen LogP contribution in [0, 0.1) is 0 Å². The molecule has 3 heterocycles. The number of hydrogen-bond donors (Lipinski definition) is 10. The van der Waals surface area contributed by atoms with Gasteiger partial charge in [0.2, 0.25) is 6.29 Å². The molecule has 2 aliphatic rings. The van der Waals surface area contributed by atoms with Gasteiger partial charge in [0.25, 0.3) is 0 Å². The van der Waals surface area contributed by atoms with Crippen molar-refractivity contribution in [3.8, 4) is 34.3 Å². The Morgan fingerprint density at radius 2 is 1.43 bits per heavy atom. The number of fused-ring (bicyclic) bond motifs is 1. The second-order valence-corrected chi connectivity index (χ2v) is 10.2. The lowest BCUT2D eigenvalue weighted by Gasteiger charge is -2.42. The molecule has 0 saturated carbocycles. The van der Waals surface area contributed by atoms with E-state index in [9.17, 15) is 60.7 Å². The van der Waals surface area contributed by atoms with E-state index in [2.05, 4.69) is 0 Å². The number of aromatic hydroxyl groups is 3. The highest BCUT2D eigenvalue weighted by molar-refractivity contribution is 5.86. The SMILES string of the molecule is O=C(O)[C@H]1O[C@@H](OC[C@H]2O[C@@H](Oc3cc(O)c4c(=O)cc(-c5ccc(O)c(O)c5)oc4c3)[C@H](O)[C@@H](O)[C@@H]2O)[C@H](O)[C@@H](O)[C@@H]1O. The summed E-state index contributed by atoms with van der Waals surface area (Å²) in [6, 6.07) is 6.88. The molecule has 2 aliphatic heterocycles. The quantitative estimate of drug-likeness (QED) is 0.123. The Morgan fingerprint density at radius 3 is 2.11 bits per heavy atom. The van der Waals surface area contributed by atoms with E-state index in [1.807, 2.05) is 0 Å². The van der Waals surface area contributed by atoms with E-state index in [-0.39, 0.29) is 28.0 Å². The van der Waals surface area contributed by atoms with Crippen molar-refractivity contribution >= 4 is 16.9 Å². The summed E-state index contributed by atoms with van der Waals surface area (Å²) in [4.78, 5) is 24.1. The number of carbonyl (C=O) groups is 1. The van der Waals surface area contributed by atoms with Crippen LogP contribution in [0.1, 0.15) is 0 Å². The largest absolute Gasteiger partial charge is 0.507 e. The molecule has 238 valence electrons. The zero-order chi connectivity index (χ0) is 32.0. The Hall–Kier alpha value is -4.04. The molecular formula is C27H28O17.